The summed E-state index contributed by atoms with van der Waals surface area (Å²) in [7, 11) is -2.80. The van der Waals surface area contributed by atoms with Crippen LogP contribution in [0, 0.1) is 0 Å². The molecule has 0 saturated heterocycles. The molecule has 1 aliphatic heterocycles. The highest BCUT2D eigenvalue weighted by molar-refractivity contribution is 6.99. The van der Waals surface area contributed by atoms with Gasteiger partial charge in [0, 0.05) is 6.20 Å². The summed E-state index contributed by atoms with van der Waals surface area (Å²) in [5.41, 5.74) is 1.15. The second-order valence-electron chi connectivity index (χ2n) is 8.87. The molecular formula is C25H31NO2Si. The first-order valence-electron chi connectivity index (χ1n) is 10.2. The van der Waals surface area contributed by atoms with Crippen LogP contribution >= 0.6 is 0 Å². The SMILES string of the molecule is CC(C)=C[C@H]1NC=CC(=O)[C@H]1O[Si](c1ccccc1)(c1ccccc1)C(C)(C)C. The first-order chi connectivity index (χ1) is 13.8. The maximum absolute atomic E-state index is 13.0. The molecule has 1 heterocycles. The van der Waals surface area contributed by atoms with Crippen LogP contribution < -0.4 is 15.7 Å². The third kappa shape index (κ3) is 4.28. The van der Waals surface area contributed by atoms with Gasteiger partial charge in [0.15, 0.2) is 5.78 Å². The van der Waals surface area contributed by atoms with Crippen LogP contribution in [0.3, 0.4) is 0 Å². The molecule has 4 heteroatoms. The van der Waals surface area contributed by atoms with Crippen LogP contribution in [0.15, 0.2) is 84.6 Å². The molecule has 152 valence electrons. The molecule has 0 unspecified atom stereocenters. The van der Waals surface area contributed by atoms with Gasteiger partial charge in [0.1, 0.15) is 6.10 Å². The zero-order chi connectivity index (χ0) is 21.1. The van der Waals surface area contributed by atoms with E-state index < -0.39 is 14.4 Å². The molecule has 0 aromatic heterocycles. The zero-order valence-corrected chi connectivity index (χ0v) is 19.0. The Balaban J connectivity index is 2.21. The summed E-state index contributed by atoms with van der Waals surface area (Å²) >= 11 is 0. The van der Waals surface area contributed by atoms with Crippen molar-refractivity contribution < 1.29 is 9.22 Å². The average Bonchev–Trinajstić information content (AvgIpc) is 2.68. The fourth-order valence-electron chi connectivity index (χ4n) is 4.11. The Kier molecular flexibility index (Phi) is 6.25. The summed E-state index contributed by atoms with van der Waals surface area (Å²) in [4.78, 5) is 13.0. The quantitative estimate of drug-likeness (QED) is 0.605. The molecule has 2 atom stereocenters. The molecule has 3 nitrogen and oxygen atoms in total. The van der Waals surface area contributed by atoms with Crippen LogP contribution in [0.2, 0.25) is 5.04 Å². The van der Waals surface area contributed by atoms with Crippen molar-refractivity contribution in [1.82, 2.24) is 5.32 Å². The molecule has 0 amide bonds. The Morgan fingerprint density at radius 2 is 1.48 bits per heavy atom. The van der Waals surface area contributed by atoms with Crippen LogP contribution in [0.25, 0.3) is 0 Å². The molecule has 0 aliphatic carbocycles. The van der Waals surface area contributed by atoms with Gasteiger partial charge in [-0.25, -0.2) is 0 Å². The van der Waals surface area contributed by atoms with Crippen molar-refractivity contribution in [2.75, 3.05) is 0 Å². The summed E-state index contributed by atoms with van der Waals surface area (Å²) in [6, 6.07) is 20.7. The second kappa shape index (κ2) is 8.52. The van der Waals surface area contributed by atoms with Crippen molar-refractivity contribution in [3.8, 4) is 0 Å². The Labute approximate surface area is 175 Å². The number of nitrogens with one attached hydrogen (secondary N) is 1. The van der Waals surface area contributed by atoms with E-state index in [1.54, 1.807) is 12.3 Å². The van der Waals surface area contributed by atoms with Crippen molar-refractivity contribution in [1.29, 1.82) is 0 Å². The van der Waals surface area contributed by atoms with Crippen LogP contribution in [0.5, 0.6) is 0 Å². The first kappa shape index (κ1) is 21.3. The third-order valence-electron chi connectivity index (χ3n) is 5.38. The maximum atomic E-state index is 13.0. The number of allylic oxidation sites excluding steroid dienone is 1. The minimum absolute atomic E-state index is 0.0132. The van der Waals surface area contributed by atoms with Gasteiger partial charge in [0.25, 0.3) is 8.32 Å². The molecule has 1 N–H and O–H groups in total. The lowest BCUT2D eigenvalue weighted by molar-refractivity contribution is -0.122. The molecular weight excluding hydrogens is 374 g/mol. The number of hydrogen-bond acceptors (Lipinski definition) is 3. The van der Waals surface area contributed by atoms with E-state index in [9.17, 15) is 4.79 Å². The average molecular weight is 406 g/mol. The lowest BCUT2D eigenvalue weighted by atomic mass is 10.0. The molecule has 2 aromatic rings. The lowest BCUT2D eigenvalue weighted by Gasteiger charge is -2.46. The van der Waals surface area contributed by atoms with E-state index in [0.29, 0.717) is 0 Å². The predicted molar refractivity (Wildman–Crippen MR) is 123 cm³/mol. The molecule has 0 saturated carbocycles. The summed E-state index contributed by atoms with van der Waals surface area (Å²) in [6.45, 7) is 10.8. The normalized spacial score (nSPS) is 19.6. The van der Waals surface area contributed by atoms with E-state index in [1.165, 1.54) is 10.4 Å². The lowest BCUT2D eigenvalue weighted by Crippen LogP contribution is -2.69. The van der Waals surface area contributed by atoms with Gasteiger partial charge in [-0.05, 0) is 35.3 Å². The van der Waals surface area contributed by atoms with Gasteiger partial charge in [-0.15, -0.1) is 0 Å². The smallest absolute Gasteiger partial charge is 0.262 e. The zero-order valence-electron chi connectivity index (χ0n) is 18.0. The van der Waals surface area contributed by atoms with Gasteiger partial charge in [-0.1, -0.05) is 93.1 Å². The Hall–Kier alpha value is -2.43. The van der Waals surface area contributed by atoms with Gasteiger partial charge < -0.3 is 9.74 Å². The van der Waals surface area contributed by atoms with Crippen LogP contribution in [-0.2, 0) is 9.22 Å². The molecule has 0 spiro atoms. The topological polar surface area (TPSA) is 38.3 Å². The van der Waals surface area contributed by atoms with E-state index in [4.69, 9.17) is 4.43 Å². The summed E-state index contributed by atoms with van der Waals surface area (Å²) in [5, 5.41) is 5.51. The molecule has 3 rings (SSSR count). The summed E-state index contributed by atoms with van der Waals surface area (Å²) < 4.78 is 7.07. The van der Waals surface area contributed by atoms with Gasteiger partial charge in [-0.2, -0.15) is 0 Å². The molecule has 0 bridgehead atoms. The van der Waals surface area contributed by atoms with E-state index in [-0.39, 0.29) is 16.9 Å². The van der Waals surface area contributed by atoms with Crippen LogP contribution in [0.4, 0.5) is 0 Å². The standard InChI is InChI=1S/C25H31NO2Si/c1-19(2)18-22-24(23(27)16-17-26-22)28-29(25(3,4)5,20-12-8-6-9-13-20)21-14-10-7-11-15-21/h6-18,22,24,26H,1-5H3/t22-,24+/m1/s1. The van der Waals surface area contributed by atoms with Gasteiger partial charge >= 0.3 is 0 Å². The Morgan fingerprint density at radius 3 is 1.93 bits per heavy atom. The van der Waals surface area contributed by atoms with Crippen molar-refractivity contribution in [3.05, 3.63) is 84.6 Å². The molecule has 2 aromatic carbocycles. The van der Waals surface area contributed by atoms with Crippen LogP contribution in [0.1, 0.15) is 34.6 Å². The number of carbonyl (C=O) groups excluding carboxylic acids is 1. The molecule has 29 heavy (non-hydrogen) atoms. The Bertz CT molecular complexity index is 854. The summed E-state index contributed by atoms with van der Waals surface area (Å²) in [6.07, 6.45) is 4.85. The fourth-order valence-corrected chi connectivity index (χ4v) is 8.77. The minimum atomic E-state index is -2.80. The van der Waals surface area contributed by atoms with Crippen molar-refractivity contribution >= 4 is 24.5 Å². The predicted octanol–water partition coefficient (Wildman–Crippen LogP) is 3.95. The van der Waals surface area contributed by atoms with Gasteiger partial charge in [-0.3, -0.25) is 4.79 Å². The monoisotopic (exact) mass is 405 g/mol. The van der Waals surface area contributed by atoms with E-state index >= 15 is 0 Å². The van der Waals surface area contributed by atoms with Crippen LogP contribution in [-0.4, -0.2) is 26.2 Å². The number of benzene rings is 2. The molecule has 0 fully saturated rings. The minimum Gasteiger partial charge on any atom is -0.395 e. The number of rotatable bonds is 5. The van der Waals surface area contributed by atoms with Gasteiger partial charge in [0.05, 0.1) is 6.04 Å². The van der Waals surface area contributed by atoms with Crippen molar-refractivity contribution in [2.24, 2.45) is 0 Å². The van der Waals surface area contributed by atoms with Crippen molar-refractivity contribution in [2.45, 2.75) is 51.8 Å². The molecule has 1 aliphatic rings. The Morgan fingerprint density at radius 1 is 0.966 bits per heavy atom. The van der Waals surface area contributed by atoms with Crippen molar-refractivity contribution in [3.63, 3.8) is 0 Å². The van der Waals surface area contributed by atoms with E-state index in [0.717, 1.165) is 5.57 Å². The fraction of sp³-hybridized carbons (Fsp3) is 0.320. The summed E-state index contributed by atoms with van der Waals surface area (Å²) in [5.74, 6) is 0.0132. The number of hydrogen-bond donors (Lipinski definition) is 1. The van der Waals surface area contributed by atoms with Gasteiger partial charge in [0.2, 0.25) is 0 Å². The highest BCUT2D eigenvalue weighted by Gasteiger charge is 2.53. The number of ketones is 1. The highest BCUT2D eigenvalue weighted by Crippen LogP contribution is 2.38. The molecule has 0 radical (unpaired) electrons. The first-order valence-corrected chi connectivity index (χ1v) is 12.1. The maximum Gasteiger partial charge on any atom is 0.262 e. The largest absolute Gasteiger partial charge is 0.395 e. The van der Waals surface area contributed by atoms with E-state index in [2.05, 4.69) is 80.7 Å². The second-order valence-corrected chi connectivity index (χ2v) is 13.1. The number of carbonyl (C=O) groups is 1. The van der Waals surface area contributed by atoms with E-state index in [1.807, 2.05) is 26.0 Å². The third-order valence-corrected chi connectivity index (χ3v) is 10.4. The highest BCUT2D eigenvalue weighted by atomic mass is 28.4.